The Morgan fingerprint density at radius 1 is 1.53 bits per heavy atom. The fourth-order valence-electron chi connectivity index (χ4n) is 1.18. The quantitative estimate of drug-likeness (QED) is 0.751. The lowest BCUT2D eigenvalue weighted by atomic mass is 10.4. The summed E-state index contributed by atoms with van der Waals surface area (Å²) in [4.78, 5) is 4.31. The van der Waals surface area contributed by atoms with Gasteiger partial charge in [-0.15, -0.1) is 16.2 Å². The third-order valence-corrected chi connectivity index (χ3v) is 4.53. The minimum atomic E-state index is -3.45. The molecule has 0 aromatic carbocycles. The number of aryl methyl sites for hydroxylation is 1. The Hall–Kier alpha value is -0.470. The zero-order valence-corrected chi connectivity index (χ0v) is 10.6. The minimum Gasteiger partial charge on any atom is -0.326 e. The molecular formula is C8H15N3O2S2. The van der Waals surface area contributed by atoms with E-state index in [1.807, 2.05) is 0 Å². The minimum absolute atomic E-state index is 0.307. The summed E-state index contributed by atoms with van der Waals surface area (Å²) in [7, 11) is -0.193. The van der Waals surface area contributed by atoms with Crippen molar-refractivity contribution in [3.05, 3.63) is 15.8 Å². The Kier molecular flexibility index (Phi) is 3.85. The average molecular weight is 249 g/mol. The van der Waals surface area contributed by atoms with Crippen LogP contribution in [0, 0.1) is 6.92 Å². The van der Waals surface area contributed by atoms with Crippen LogP contribution in [0.2, 0.25) is 0 Å². The molecule has 0 radical (unpaired) electrons. The predicted molar refractivity (Wildman–Crippen MR) is 61.0 cm³/mol. The number of nitrogens with two attached hydrogens (primary N) is 1. The van der Waals surface area contributed by atoms with Gasteiger partial charge in [0, 0.05) is 30.4 Å². The zero-order valence-electron chi connectivity index (χ0n) is 8.94. The molecule has 5 nitrogen and oxygen atoms in total. The molecule has 0 bridgehead atoms. The van der Waals surface area contributed by atoms with Gasteiger partial charge < -0.3 is 5.73 Å². The van der Waals surface area contributed by atoms with Crippen molar-refractivity contribution in [1.82, 2.24) is 9.84 Å². The van der Waals surface area contributed by atoms with Crippen LogP contribution < -0.4 is 10.6 Å². The zero-order chi connectivity index (χ0) is 11.6. The molecule has 1 aromatic heterocycles. The van der Waals surface area contributed by atoms with Crippen LogP contribution >= 0.6 is 11.3 Å². The summed E-state index contributed by atoms with van der Waals surface area (Å²) < 4.78 is 23.6. The van der Waals surface area contributed by atoms with Crippen LogP contribution in [0.4, 0.5) is 0 Å². The maximum atomic E-state index is 11.8. The highest BCUT2D eigenvalue weighted by atomic mass is 32.2. The monoisotopic (exact) mass is 249 g/mol. The first kappa shape index (κ1) is 12.6. The van der Waals surface area contributed by atoms with E-state index in [1.165, 1.54) is 16.3 Å². The van der Waals surface area contributed by atoms with Gasteiger partial charge >= 0.3 is 0 Å². The second-order valence-corrected chi connectivity index (χ2v) is 6.30. The lowest BCUT2D eigenvalue weighted by Gasteiger charge is -2.11. The third-order valence-electron chi connectivity index (χ3n) is 1.72. The summed E-state index contributed by atoms with van der Waals surface area (Å²) in [5.41, 5.74) is 5.46. The van der Waals surface area contributed by atoms with Gasteiger partial charge in [-0.25, -0.2) is 13.4 Å². The topological polar surface area (TPSA) is 75.4 Å². The molecule has 86 valence electrons. The molecule has 1 rings (SSSR count). The van der Waals surface area contributed by atoms with Gasteiger partial charge in [-0.05, 0) is 13.0 Å². The van der Waals surface area contributed by atoms with Gasteiger partial charge in [0.05, 0.1) is 4.90 Å². The van der Waals surface area contributed by atoms with E-state index in [9.17, 15) is 8.42 Å². The second-order valence-electron chi connectivity index (χ2n) is 3.33. The molecule has 0 aliphatic rings. The van der Waals surface area contributed by atoms with E-state index in [0.717, 1.165) is 9.75 Å². The Balaban J connectivity index is 3.09. The standard InChI is InChI=1S/C8H15N3O2S2/c1-6-8(4-7(5-9)14-6)15(12,13)10-11(2)3/h4,10H,5,9H2,1-3H3. The van der Waals surface area contributed by atoms with Crippen LogP contribution in [-0.2, 0) is 16.6 Å². The average Bonchev–Trinajstić information content (AvgIpc) is 2.45. The molecule has 0 aliphatic heterocycles. The maximum absolute atomic E-state index is 11.8. The van der Waals surface area contributed by atoms with Crippen LogP contribution in [0.15, 0.2) is 11.0 Å². The second kappa shape index (κ2) is 4.58. The fraction of sp³-hybridized carbons (Fsp3) is 0.500. The highest BCUT2D eigenvalue weighted by Crippen LogP contribution is 2.25. The van der Waals surface area contributed by atoms with Crippen molar-refractivity contribution in [2.45, 2.75) is 18.4 Å². The highest BCUT2D eigenvalue weighted by Gasteiger charge is 2.19. The number of rotatable bonds is 4. The summed E-state index contributed by atoms with van der Waals surface area (Å²) in [6.45, 7) is 2.14. The number of thiophene rings is 1. The third kappa shape index (κ3) is 2.99. The van der Waals surface area contributed by atoms with Crippen molar-refractivity contribution < 1.29 is 8.42 Å². The van der Waals surface area contributed by atoms with E-state index >= 15 is 0 Å². The van der Waals surface area contributed by atoms with E-state index in [2.05, 4.69) is 4.83 Å². The van der Waals surface area contributed by atoms with E-state index in [0.29, 0.717) is 11.4 Å². The van der Waals surface area contributed by atoms with Gasteiger partial charge in [0.25, 0.3) is 10.0 Å². The lowest BCUT2D eigenvalue weighted by Crippen LogP contribution is -2.36. The van der Waals surface area contributed by atoms with Gasteiger partial charge in [0.1, 0.15) is 0 Å². The molecule has 0 aliphatic carbocycles. The van der Waals surface area contributed by atoms with Crippen LogP contribution in [0.1, 0.15) is 9.75 Å². The van der Waals surface area contributed by atoms with Crippen molar-refractivity contribution in [3.63, 3.8) is 0 Å². The Labute approximate surface area is 93.9 Å². The Bertz CT molecular complexity index is 437. The van der Waals surface area contributed by atoms with E-state index < -0.39 is 10.0 Å². The predicted octanol–water partition coefficient (Wildman–Crippen LogP) is 0.270. The molecule has 0 spiro atoms. The number of nitrogens with one attached hydrogen (secondary N) is 1. The fourth-order valence-corrected chi connectivity index (χ4v) is 3.78. The summed E-state index contributed by atoms with van der Waals surface area (Å²) >= 11 is 1.41. The first-order chi connectivity index (χ1) is 6.86. The highest BCUT2D eigenvalue weighted by molar-refractivity contribution is 7.89. The molecule has 15 heavy (non-hydrogen) atoms. The van der Waals surface area contributed by atoms with Crippen molar-refractivity contribution in [1.29, 1.82) is 0 Å². The van der Waals surface area contributed by atoms with Crippen LogP contribution in [0.3, 0.4) is 0 Å². The van der Waals surface area contributed by atoms with Crippen LogP contribution in [-0.4, -0.2) is 27.5 Å². The molecule has 0 atom stereocenters. The number of hydrogen-bond acceptors (Lipinski definition) is 5. The molecule has 3 N–H and O–H groups in total. The van der Waals surface area contributed by atoms with Crippen molar-refractivity contribution in [2.75, 3.05) is 14.1 Å². The summed E-state index contributed by atoms with van der Waals surface area (Å²) in [5, 5.41) is 1.40. The Morgan fingerprint density at radius 3 is 2.53 bits per heavy atom. The van der Waals surface area contributed by atoms with Gasteiger partial charge in [0.2, 0.25) is 0 Å². The maximum Gasteiger partial charge on any atom is 0.254 e. The van der Waals surface area contributed by atoms with Crippen molar-refractivity contribution in [2.24, 2.45) is 5.73 Å². The number of sulfonamides is 1. The largest absolute Gasteiger partial charge is 0.326 e. The smallest absolute Gasteiger partial charge is 0.254 e. The van der Waals surface area contributed by atoms with Crippen molar-refractivity contribution in [3.8, 4) is 0 Å². The van der Waals surface area contributed by atoms with Gasteiger partial charge in [-0.1, -0.05) is 0 Å². The number of hydrogen-bond donors (Lipinski definition) is 2. The van der Waals surface area contributed by atoms with Crippen molar-refractivity contribution >= 4 is 21.4 Å². The number of hydrazine groups is 1. The molecule has 0 saturated carbocycles. The molecule has 1 heterocycles. The number of nitrogens with zero attached hydrogens (tertiary/aromatic N) is 1. The first-order valence-electron chi connectivity index (χ1n) is 4.36. The summed E-state index contributed by atoms with van der Waals surface area (Å²) in [6, 6.07) is 1.62. The molecule has 0 saturated heterocycles. The first-order valence-corrected chi connectivity index (χ1v) is 6.66. The summed E-state index contributed by atoms with van der Waals surface area (Å²) in [5.74, 6) is 0. The van der Waals surface area contributed by atoms with E-state index in [1.54, 1.807) is 27.1 Å². The molecule has 0 unspecified atom stereocenters. The molecule has 0 amide bonds. The van der Waals surface area contributed by atoms with Crippen LogP contribution in [0.5, 0.6) is 0 Å². The van der Waals surface area contributed by atoms with Gasteiger partial charge in [-0.2, -0.15) is 0 Å². The van der Waals surface area contributed by atoms with Crippen LogP contribution in [0.25, 0.3) is 0 Å². The van der Waals surface area contributed by atoms with Gasteiger partial charge in [-0.3, -0.25) is 0 Å². The van der Waals surface area contributed by atoms with Gasteiger partial charge in [0.15, 0.2) is 0 Å². The lowest BCUT2D eigenvalue weighted by molar-refractivity contribution is 0.364. The van der Waals surface area contributed by atoms with E-state index in [4.69, 9.17) is 5.73 Å². The molecule has 7 heteroatoms. The molecular weight excluding hydrogens is 234 g/mol. The molecule has 0 fully saturated rings. The SMILES string of the molecule is Cc1sc(CN)cc1S(=O)(=O)NN(C)C. The normalized spacial score (nSPS) is 12.3. The molecule has 1 aromatic rings. The van der Waals surface area contributed by atoms with E-state index in [-0.39, 0.29) is 0 Å². The Morgan fingerprint density at radius 2 is 2.13 bits per heavy atom. The summed E-state index contributed by atoms with van der Waals surface area (Å²) in [6.07, 6.45) is 0.